The number of esters is 1. The van der Waals surface area contributed by atoms with E-state index in [0.29, 0.717) is 16.1 Å². The fourth-order valence-corrected chi connectivity index (χ4v) is 3.61. The molecule has 2 N–H and O–H groups in total. The van der Waals surface area contributed by atoms with Gasteiger partial charge in [-0.15, -0.1) is 0 Å². The third-order valence-corrected chi connectivity index (χ3v) is 5.51. The summed E-state index contributed by atoms with van der Waals surface area (Å²) in [6.07, 6.45) is 2.09. The van der Waals surface area contributed by atoms with Crippen LogP contribution in [-0.2, 0) is 22.6 Å². The molecule has 0 saturated carbocycles. The lowest BCUT2D eigenvalue weighted by Gasteiger charge is -2.18. The Balaban J connectivity index is 1.52. The molecule has 0 bridgehead atoms. The smallest absolute Gasteiger partial charge is 0.329 e. The lowest BCUT2D eigenvalue weighted by Crippen LogP contribution is -2.43. The van der Waals surface area contributed by atoms with Crippen LogP contribution in [0.25, 0.3) is 10.9 Å². The van der Waals surface area contributed by atoms with Crippen molar-refractivity contribution in [3.63, 3.8) is 0 Å². The van der Waals surface area contributed by atoms with E-state index in [2.05, 4.69) is 16.4 Å². The number of nitriles is 1. The molecule has 0 radical (unpaired) electrons. The van der Waals surface area contributed by atoms with E-state index in [4.69, 9.17) is 21.6 Å². The summed E-state index contributed by atoms with van der Waals surface area (Å²) in [5, 5.41) is 13.2. The summed E-state index contributed by atoms with van der Waals surface area (Å²) < 4.78 is 5.51. The Morgan fingerprint density at radius 2 is 1.76 bits per heavy atom. The van der Waals surface area contributed by atoms with Crippen LogP contribution in [0.1, 0.15) is 27.0 Å². The molecule has 0 spiro atoms. The van der Waals surface area contributed by atoms with Crippen LogP contribution in [0.2, 0.25) is 5.02 Å². The van der Waals surface area contributed by atoms with Crippen LogP contribution in [0.4, 0.5) is 0 Å². The number of aromatic amines is 1. The monoisotopic (exact) mass is 457 g/mol. The number of hydrogen-bond acceptors (Lipinski definition) is 4. The van der Waals surface area contributed by atoms with Crippen molar-refractivity contribution in [3.8, 4) is 6.07 Å². The van der Waals surface area contributed by atoms with Gasteiger partial charge in [0.2, 0.25) is 0 Å². The predicted molar refractivity (Wildman–Crippen MR) is 126 cm³/mol. The molecule has 1 heterocycles. The fourth-order valence-electron chi connectivity index (χ4n) is 3.49. The molecule has 7 heteroatoms. The molecule has 1 aromatic heterocycles. The molecule has 4 rings (SSSR count). The Hall–Kier alpha value is -4.08. The van der Waals surface area contributed by atoms with Crippen LogP contribution in [0, 0.1) is 11.3 Å². The minimum Gasteiger partial charge on any atom is -0.459 e. The highest BCUT2D eigenvalue weighted by molar-refractivity contribution is 6.30. The average molecular weight is 458 g/mol. The van der Waals surface area contributed by atoms with Gasteiger partial charge in [-0.1, -0.05) is 41.9 Å². The second-order valence-electron chi connectivity index (χ2n) is 7.51. The van der Waals surface area contributed by atoms with E-state index in [9.17, 15) is 9.59 Å². The van der Waals surface area contributed by atoms with E-state index in [-0.39, 0.29) is 13.0 Å². The first-order valence-corrected chi connectivity index (χ1v) is 10.7. The predicted octanol–water partition coefficient (Wildman–Crippen LogP) is 4.78. The minimum absolute atomic E-state index is 0.0335. The van der Waals surface area contributed by atoms with Crippen LogP contribution in [0.3, 0.4) is 0 Å². The van der Waals surface area contributed by atoms with E-state index >= 15 is 0 Å². The average Bonchev–Trinajstić information content (AvgIpc) is 3.25. The zero-order valence-corrected chi connectivity index (χ0v) is 18.3. The maximum atomic E-state index is 13.0. The van der Waals surface area contributed by atoms with Crippen molar-refractivity contribution < 1.29 is 14.3 Å². The van der Waals surface area contributed by atoms with Gasteiger partial charge in [-0.05, 0) is 53.6 Å². The van der Waals surface area contributed by atoms with E-state index in [1.54, 1.807) is 48.5 Å². The number of carbonyl (C=O) groups is 2. The number of rotatable bonds is 7. The lowest BCUT2D eigenvalue weighted by molar-refractivity contribution is -0.147. The first-order chi connectivity index (χ1) is 16.0. The second-order valence-corrected chi connectivity index (χ2v) is 7.95. The molecular weight excluding hydrogens is 438 g/mol. The van der Waals surface area contributed by atoms with Crippen LogP contribution in [0.5, 0.6) is 0 Å². The molecule has 0 saturated heterocycles. The van der Waals surface area contributed by atoms with Gasteiger partial charge in [0.1, 0.15) is 12.6 Å². The van der Waals surface area contributed by atoms with E-state index in [1.165, 1.54) is 0 Å². The number of nitrogens with zero attached hydrogens (tertiary/aromatic N) is 1. The highest BCUT2D eigenvalue weighted by Gasteiger charge is 2.25. The van der Waals surface area contributed by atoms with Crippen LogP contribution >= 0.6 is 11.6 Å². The highest BCUT2D eigenvalue weighted by Crippen LogP contribution is 2.20. The Morgan fingerprint density at radius 3 is 2.48 bits per heavy atom. The number of halogens is 1. The van der Waals surface area contributed by atoms with Crippen molar-refractivity contribution in [2.45, 2.75) is 19.1 Å². The van der Waals surface area contributed by atoms with E-state index < -0.39 is 17.9 Å². The number of nitrogens with one attached hydrogen (secondary N) is 2. The Labute approximate surface area is 195 Å². The van der Waals surface area contributed by atoms with Crippen molar-refractivity contribution in [3.05, 3.63) is 106 Å². The van der Waals surface area contributed by atoms with Gasteiger partial charge in [0.25, 0.3) is 5.91 Å². The molecular formula is C26H20ClN3O3. The van der Waals surface area contributed by atoms with Crippen molar-refractivity contribution in [2.75, 3.05) is 0 Å². The lowest BCUT2D eigenvalue weighted by atomic mass is 10.0. The normalized spacial score (nSPS) is 11.5. The first kappa shape index (κ1) is 22.1. The van der Waals surface area contributed by atoms with Crippen LogP contribution < -0.4 is 5.32 Å². The quantitative estimate of drug-likeness (QED) is 0.390. The third-order valence-electron chi connectivity index (χ3n) is 5.26. The standard InChI is InChI=1S/C26H20ClN3O3/c27-21-11-9-19(10-12-21)25(31)30-24(13-20-15-29-23-4-2-1-3-22(20)23)26(32)33-16-18-7-5-17(14-28)6-8-18/h1-12,15,24,29H,13,16H2,(H,30,31). The Morgan fingerprint density at radius 1 is 1.03 bits per heavy atom. The summed E-state index contributed by atoms with van der Waals surface area (Å²) in [6.45, 7) is 0.0335. The topological polar surface area (TPSA) is 95.0 Å². The zero-order chi connectivity index (χ0) is 23.2. The van der Waals surface area contributed by atoms with Gasteiger partial charge >= 0.3 is 5.97 Å². The Kier molecular flexibility index (Phi) is 6.72. The van der Waals surface area contributed by atoms with Crippen molar-refractivity contribution >= 4 is 34.4 Å². The van der Waals surface area contributed by atoms with E-state index in [1.807, 2.05) is 30.5 Å². The molecule has 4 aromatic rings. The van der Waals surface area contributed by atoms with Gasteiger partial charge in [-0.2, -0.15) is 5.26 Å². The summed E-state index contributed by atoms with van der Waals surface area (Å²) in [6, 6.07) is 22.1. The van der Waals surface area contributed by atoms with Crippen LogP contribution in [0.15, 0.2) is 79.0 Å². The first-order valence-electron chi connectivity index (χ1n) is 10.3. The molecule has 0 aliphatic heterocycles. The number of hydrogen-bond donors (Lipinski definition) is 2. The summed E-state index contributed by atoms with van der Waals surface area (Å²) >= 11 is 5.91. The third kappa shape index (κ3) is 5.40. The zero-order valence-electron chi connectivity index (χ0n) is 17.5. The van der Waals surface area contributed by atoms with Crippen molar-refractivity contribution in [1.82, 2.24) is 10.3 Å². The van der Waals surface area contributed by atoms with Crippen molar-refractivity contribution in [1.29, 1.82) is 5.26 Å². The van der Waals surface area contributed by atoms with E-state index in [0.717, 1.165) is 22.0 Å². The van der Waals surface area contributed by atoms with Gasteiger partial charge in [-0.25, -0.2) is 4.79 Å². The fraction of sp³-hybridized carbons (Fsp3) is 0.115. The minimum atomic E-state index is -0.897. The number of para-hydroxylation sites is 1. The van der Waals surface area contributed by atoms with Crippen LogP contribution in [-0.4, -0.2) is 22.9 Å². The number of amides is 1. The maximum Gasteiger partial charge on any atom is 0.329 e. The van der Waals surface area contributed by atoms with Gasteiger partial charge in [0.15, 0.2) is 0 Å². The largest absolute Gasteiger partial charge is 0.459 e. The molecule has 6 nitrogen and oxygen atoms in total. The SMILES string of the molecule is N#Cc1ccc(COC(=O)C(Cc2c[nH]c3ccccc23)NC(=O)c2ccc(Cl)cc2)cc1. The maximum absolute atomic E-state index is 13.0. The molecule has 33 heavy (non-hydrogen) atoms. The molecule has 1 amide bonds. The number of fused-ring (bicyclic) bond motifs is 1. The molecule has 1 atom stereocenters. The number of H-pyrrole nitrogens is 1. The molecule has 0 fully saturated rings. The molecule has 1 unspecified atom stereocenters. The van der Waals surface area contributed by atoms with Gasteiger partial charge in [0, 0.05) is 34.1 Å². The number of ether oxygens (including phenoxy) is 1. The number of benzene rings is 3. The Bertz CT molecular complexity index is 1320. The molecule has 3 aromatic carbocycles. The summed E-state index contributed by atoms with van der Waals surface area (Å²) in [5.74, 6) is -0.946. The summed E-state index contributed by atoms with van der Waals surface area (Å²) in [4.78, 5) is 29.0. The van der Waals surface area contributed by atoms with Gasteiger partial charge in [-0.3, -0.25) is 4.79 Å². The molecule has 164 valence electrons. The molecule has 0 aliphatic carbocycles. The van der Waals surface area contributed by atoms with Crippen molar-refractivity contribution in [2.24, 2.45) is 0 Å². The van der Waals surface area contributed by atoms with Gasteiger partial charge < -0.3 is 15.0 Å². The number of aromatic nitrogens is 1. The molecule has 0 aliphatic rings. The highest BCUT2D eigenvalue weighted by atomic mass is 35.5. The number of carbonyl (C=O) groups excluding carboxylic acids is 2. The summed E-state index contributed by atoms with van der Waals surface area (Å²) in [5.41, 5.74) is 3.50. The second kappa shape index (κ2) is 10.0. The van der Waals surface area contributed by atoms with Gasteiger partial charge in [0.05, 0.1) is 11.6 Å². The summed E-state index contributed by atoms with van der Waals surface area (Å²) in [7, 11) is 0.